The number of carbonyl (C=O) groups excluding carboxylic acids is 3. The van der Waals surface area contributed by atoms with Crippen LogP contribution in [0.5, 0.6) is 5.75 Å². The average molecular weight is 683 g/mol. The zero-order valence-corrected chi connectivity index (χ0v) is 27.6. The molecule has 2 bridgehead atoms. The molecule has 7 atom stereocenters. The lowest BCUT2D eigenvalue weighted by Crippen LogP contribution is -2.56. The van der Waals surface area contributed by atoms with Gasteiger partial charge in [0.15, 0.2) is 0 Å². The van der Waals surface area contributed by atoms with Gasteiger partial charge in [0.2, 0.25) is 11.8 Å². The summed E-state index contributed by atoms with van der Waals surface area (Å²) >= 11 is 5.45. The number of hydrogen-bond acceptors (Lipinski definition) is 6. The lowest BCUT2D eigenvalue weighted by molar-refractivity contribution is -0.145. The number of anilines is 1. The minimum atomic E-state index is -0.925. The van der Waals surface area contributed by atoms with E-state index in [1.807, 2.05) is 49.4 Å². The molecule has 44 heavy (non-hydrogen) atoms. The van der Waals surface area contributed by atoms with E-state index in [9.17, 15) is 19.5 Å². The molecule has 0 aliphatic carbocycles. The van der Waals surface area contributed by atoms with E-state index >= 15 is 0 Å². The van der Waals surface area contributed by atoms with Crippen LogP contribution in [0.2, 0.25) is 0 Å². The third-order valence-corrected chi connectivity index (χ3v) is 12.3. The van der Waals surface area contributed by atoms with E-state index in [1.54, 1.807) is 57.9 Å². The van der Waals surface area contributed by atoms with Crippen molar-refractivity contribution in [3.63, 3.8) is 0 Å². The molecular formula is C34H40BrN3O5S. The Morgan fingerprint density at radius 2 is 1.82 bits per heavy atom. The molecule has 1 spiro atoms. The Kier molecular flexibility index (Phi) is 9.92. The predicted molar refractivity (Wildman–Crippen MR) is 178 cm³/mol. The molecule has 3 saturated heterocycles. The molecule has 2 aromatic carbocycles. The second-order valence-corrected chi connectivity index (χ2v) is 14.2. The number of nitrogens with zero attached hydrogens (tertiary/aromatic N) is 3. The molecule has 3 fully saturated rings. The van der Waals surface area contributed by atoms with Crippen molar-refractivity contribution in [3.8, 4) is 5.75 Å². The second-order valence-electron chi connectivity index (χ2n) is 11.5. The highest BCUT2D eigenvalue weighted by Crippen LogP contribution is 2.68. The Balaban J connectivity index is 1.65. The molecule has 3 aliphatic heterocycles. The van der Waals surface area contributed by atoms with E-state index in [-0.39, 0.29) is 41.0 Å². The number of benzene rings is 2. The van der Waals surface area contributed by atoms with E-state index in [0.29, 0.717) is 30.9 Å². The lowest BCUT2D eigenvalue weighted by Gasteiger charge is -2.40. The highest BCUT2D eigenvalue weighted by Gasteiger charge is 2.76. The number of hydrogen-bond donors (Lipinski definition) is 1. The monoisotopic (exact) mass is 681 g/mol. The molecule has 1 N–H and O–H groups in total. The van der Waals surface area contributed by atoms with Gasteiger partial charge in [-0.25, -0.2) is 0 Å². The van der Waals surface area contributed by atoms with Gasteiger partial charge in [0.25, 0.3) is 5.91 Å². The van der Waals surface area contributed by atoms with Crippen LogP contribution in [0.3, 0.4) is 0 Å². The summed E-state index contributed by atoms with van der Waals surface area (Å²) in [6.07, 6.45) is 4.69. The first-order valence-corrected chi connectivity index (χ1v) is 16.8. The van der Waals surface area contributed by atoms with Gasteiger partial charge in [-0.05, 0) is 42.7 Å². The number of amides is 3. The highest BCUT2D eigenvalue weighted by atomic mass is 79.9. The molecule has 0 saturated carbocycles. The number of alkyl halides is 1. The smallest absolute Gasteiger partial charge is 0.251 e. The summed E-state index contributed by atoms with van der Waals surface area (Å²) in [4.78, 5) is 49.0. The Bertz CT molecular complexity index is 1390. The molecule has 10 heteroatoms. The number of aliphatic hydroxyl groups excluding tert-OH is 1. The van der Waals surface area contributed by atoms with Gasteiger partial charge < -0.3 is 24.5 Å². The summed E-state index contributed by atoms with van der Waals surface area (Å²) in [7, 11) is 1.58. The van der Waals surface area contributed by atoms with Gasteiger partial charge >= 0.3 is 0 Å². The standard InChI is InChI=1S/C34H40BrN3O5S/c1-5-17-36(18-6-2)31(40)27-28-32(41)38(26(21-39)22-11-9-8-10-12-22)30(34(28)20-25(35)29(27)44-34)33(42)37(19-7-3)23-13-15-24(43-4)16-14-23/h5,7-16,25-30,39H,1,3,6,17-21H2,2,4H3/t25?,26-,27+,28+,29+,30?,34?/m1/s1. The Morgan fingerprint density at radius 1 is 1.14 bits per heavy atom. The van der Waals surface area contributed by atoms with Crippen LogP contribution in [-0.4, -0.2) is 86.8 Å². The molecule has 0 aromatic heterocycles. The maximum atomic E-state index is 15.0. The molecule has 5 rings (SSSR count). The van der Waals surface area contributed by atoms with Gasteiger partial charge in [-0.15, -0.1) is 24.9 Å². The van der Waals surface area contributed by atoms with Crippen molar-refractivity contribution >= 4 is 51.1 Å². The number of halogens is 1. The van der Waals surface area contributed by atoms with Crippen LogP contribution in [0.1, 0.15) is 31.4 Å². The van der Waals surface area contributed by atoms with E-state index < -0.39 is 28.7 Å². The number of aliphatic hydroxyl groups is 1. The highest BCUT2D eigenvalue weighted by molar-refractivity contribution is 9.09. The summed E-state index contributed by atoms with van der Waals surface area (Å²) in [6, 6.07) is 14.8. The maximum absolute atomic E-state index is 15.0. The fourth-order valence-corrected chi connectivity index (χ4v) is 10.9. The SMILES string of the molecule is C=CCN(CCC)C(=O)[C@H]1[C@H]2C(=O)N([C@H](CO)c3ccccc3)C(C(=O)N(CC=C)c3ccc(OC)cc3)C23CC(Br)[C@@H]1S3. The van der Waals surface area contributed by atoms with Gasteiger partial charge in [-0.2, -0.15) is 0 Å². The van der Waals surface area contributed by atoms with Gasteiger partial charge in [0.1, 0.15) is 11.8 Å². The molecule has 8 nitrogen and oxygen atoms in total. The third kappa shape index (κ3) is 5.39. The number of ether oxygens (including phenoxy) is 1. The topological polar surface area (TPSA) is 90.4 Å². The summed E-state index contributed by atoms with van der Waals surface area (Å²) in [5.74, 6) is -1.28. The number of thioether (sulfide) groups is 1. The Labute approximate surface area is 272 Å². The molecule has 2 aromatic rings. The number of carbonyl (C=O) groups is 3. The number of fused-ring (bicyclic) bond motifs is 1. The van der Waals surface area contributed by atoms with E-state index in [0.717, 1.165) is 12.0 Å². The first-order valence-electron chi connectivity index (χ1n) is 15.0. The van der Waals surface area contributed by atoms with Gasteiger partial charge in [0.05, 0.1) is 36.3 Å². The van der Waals surface area contributed by atoms with Crippen molar-refractivity contribution < 1.29 is 24.2 Å². The summed E-state index contributed by atoms with van der Waals surface area (Å²) in [5, 5.41) is 10.6. The van der Waals surface area contributed by atoms with Crippen molar-refractivity contribution in [2.24, 2.45) is 11.8 Å². The zero-order valence-electron chi connectivity index (χ0n) is 25.2. The second kappa shape index (κ2) is 13.5. The van der Waals surface area contributed by atoms with Crippen LogP contribution in [0, 0.1) is 11.8 Å². The normalized spacial score (nSPS) is 27.5. The number of rotatable bonds is 13. The molecule has 3 aliphatic rings. The minimum Gasteiger partial charge on any atom is -0.497 e. The quantitative estimate of drug-likeness (QED) is 0.241. The van der Waals surface area contributed by atoms with Crippen LogP contribution in [-0.2, 0) is 14.4 Å². The lowest BCUT2D eigenvalue weighted by atomic mass is 9.70. The minimum absolute atomic E-state index is 0.0638. The number of methoxy groups -OCH3 is 1. The van der Waals surface area contributed by atoms with Crippen molar-refractivity contribution in [1.29, 1.82) is 0 Å². The van der Waals surface area contributed by atoms with Crippen LogP contribution in [0.4, 0.5) is 5.69 Å². The fraction of sp³-hybridized carbons (Fsp3) is 0.441. The third-order valence-electron chi connectivity index (χ3n) is 9.06. The van der Waals surface area contributed by atoms with Crippen LogP contribution in [0.25, 0.3) is 0 Å². The Morgan fingerprint density at radius 3 is 2.41 bits per heavy atom. The zero-order chi connectivity index (χ0) is 31.6. The van der Waals surface area contributed by atoms with Gasteiger partial charge in [-0.3, -0.25) is 14.4 Å². The molecular weight excluding hydrogens is 642 g/mol. The first kappa shape index (κ1) is 32.3. The van der Waals surface area contributed by atoms with E-state index in [1.165, 1.54) is 0 Å². The van der Waals surface area contributed by atoms with E-state index in [2.05, 4.69) is 29.1 Å². The maximum Gasteiger partial charge on any atom is 0.251 e. The number of likely N-dealkylation sites (tertiary alicyclic amines) is 1. The van der Waals surface area contributed by atoms with Crippen molar-refractivity contribution in [2.75, 3.05) is 38.3 Å². The molecule has 3 unspecified atom stereocenters. The largest absolute Gasteiger partial charge is 0.497 e. The molecule has 0 radical (unpaired) electrons. The molecule has 234 valence electrons. The van der Waals surface area contributed by atoms with Gasteiger partial charge in [-0.1, -0.05) is 65.3 Å². The predicted octanol–water partition coefficient (Wildman–Crippen LogP) is 4.84. The first-order chi connectivity index (χ1) is 21.3. The van der Waals surface area contributed by atoms with Crippen LogP contribution < -0.4 is 9.64 Å². The Hall–Kier alpha value is -3.08. The molecule has 3 heterocycles. The molecule has 3 amide bonds. The van der Waals surface area contributed by atoms with Crippen LogP contribution in [0.15, 0.2) is 79.9 Å². The summed E-state index contributed by atoms with van der Waals surface area (Å²) in [6.45, 7) is 10.6. The van der Waals surface area contributed by atoms with Crippen molar-refractivity contribution in [2.45, 2.75) is 46.7 Å². The van der Waals surface area contributed by atoms with Crippen molar-refractivity contribution in [1.82, 2.24) is 9.80 Å². The summed E-state index contributed by atoms with van der Waals surface area (Å²) < 4.78 is 4.47. The van der Waals surface area contributed by atoms with Crippen molar-refractivity contribution in [3.05, 3.63) is 85.5 Å². The summed E-state index contributed by atoms with van der Waals surface area (Å²) in [5.41, 5.74) is 1.37. The van der Waals surface area contributed by atoms with E-state index in [4.69, 9.17) is 4.74 Å². The van der Waals surface area contributed by atoms with Gasteiger partial charge in [0, 0.05) is 35.4 Å². The average Bonchev–Trinajstić information content (AvgIpc) is 3.63. The van der Waals surface area contributed by atoms with Crippen LogP contribution >= 0.6 is 27.7 Å². The fourth-order valence-electron chi connectivity index (χ4n) is 7.28.